The lowest BCUT2D eigenvalue weighted by atomic mass is 10.1. The molecule has 0 radical (unpaired) electrons. The summed E-state index contributed by atoms with van der Waals surface area (Å²) in [5.74, 6) is 0. The van der Waals surface area contributed by atoms with Crippen LogP contribution in [0.1, 0.15) is 0 Å². The van der Waals surface area contributed by atoms with Crippen LogP contribution in [0.4, 0.5) is 0 Å². The zero-order chi connectivity index (χ0) is 9.38. The molecule has 68 valence electrons. The highest BCUT2D eigenvalue weighted by Gasteiger charge is 2.00. The van der Waals surface area contributed by atoms with Crippen LogP contribution in [0.5, 0.6) is 0 Å². The SMILES string of the molecule is c1cc2ccc(-c3cn[nH]c3)cc2[nH]1. The van der Waals surface area contributed by atoms with Crippen molar-refractivity contribution in [3.63, 3.8) is 0 Å². The van der Waals surface area contributed by atoms with Crippen LogP contribution in [0.25, 0.3) is 22.0 Å². The molecule has 0 aliphatic rings. The second kappa shape index (κ2) is 2.73. The molecule has 0 atom stereocenters. The Morgan fingerprint density at radius 2 is 2.07 bits per heavy atom. The summed E-state index contributed by atoms with van der Waals surface area (Å²) in [6.07, 6.45) is 5.66. The van der Waals surface area contributed by atoms with Gasteiger partial charge in [-0.15, -0.1) is 0 Å². The van der Waals surface area contributed by atoms with Crippen LogP contribution >= 0.6 is 0 Å². The molecule has 0 spiro atoms. The van der Waals surface area contributed by atoms with Crippen LogP contribution in [-0.4, -0.2) is 15.2 Å². The maximum absolute atomic E-state index is 3.93. The molecule has 0 unspecified atom stereocenters. The highest BCUT2D eigenvalue weighted by molar-refractivity contribution is 5.84. The maximum atomic E-state index is 3.93. The predicted molar refractivity (Wildman–Crippen MR) is 55.9 cm³/mol. The van der Waals surface area contributed by atoms with Gasteiger partial charge in [0.15, 0.2) is 0 Å². The van der Waals surface area contributed by atoms with Crippen molar-refractivity contribution in [1.29, 1.82) is 0 Å². The van der Waals surface area contributed by atoms with E-state index < -0.39 is 0 Å². The molecule has 3 aromatic rings. The number of aromatic nitrogens is 3. The number of nitrogens with one attached hydrogen (secondary N) is 2. The van der Waals surface area contributed by atoms with E-state index >= 15 is 0 Å². The third-order valence-corrected chi connectivity index (χ3v) is 2.39. The zero-order valence-corrected chi connectivity index (χ0v) is 7.49. The van der Waals surface area contributed by atoms with Gasteiger partial charge in [-0.05, 0) is 23.1 Å². The second-order valence-corrected chi connectivity index (χ2v) is 3.27. The van der Waals surface area contributed by atoms with Gasteiger partial charge in [0, 0.05) is 23.5 Å². The summed E-state index contributed by atoms with van der Waals surface area (Å²) in [6, 6.07) is 8.39. The highest BCUT2D eigenvalue weighted by atomic mass is 15.1. The van der Waals surface area contributed by atoms with Crippen LogP contribution in [0.3, 0.4) is 0 Å². The molecule has 2 N–H and O–H groups in total. The molecule has 0 bridgehead atoms. The van der Waals surface area contributed by atoms with Gasteiger partial charge in [0.1, 0.15) is 0 Å². The van der Waals surface area contributed by atoms with Gasteiger partial charge in [0.2, 0.25) is 0 Å². The van der Waals surface area contributed by atoms with E-state index in [1.165, 1.54) is 10.9 Å². The summed E-state index contributed by atoms with van der Waals surface area (Å²) >= 11 is 0. The summed E-state index contributed by atoms with van der Waals surface area (Å²) in [5.41, 5.74) is 3.44. The van der Waals surface area contributed by atoms with Crippen molar-refractivity contribution in [2.75, 3.05) is 0 Å². The minimum absolute atomic E-state index is 1.11. The quantitative estimate of drug-likeness (QED) is 0.598. The summed E-state index contributed by atoms with van der Waals surface area (Å²) in [5, 5.41) is 7.97. The molecule has 3 rings (SSSR count). The van der Waals surface area contributed by atoms with E-state index in [1.807, 2.05) is 18.6 Å². The standard InChI is InChI=1S/C11H9N3/c1-2-9(10-6-13-14-7-10)5-11-8(1)3-4-12-11/h1-7,12H,(H,13,14). The second-order valence-electron chi connectivity index (χ2n) is 3.27. The van der Waals surface area contributed by atoms with E-state index in [1.54, 1.807) is 0 Å². The normalized spacial score (nSPS) is 10.9. The first kappa shape index (κ1) is 7.38. The Labute approximate surface area is 80.8 Å². The number of aromatic amines is 2. The lowest BCUT2D eigenvalue weighted by molar-refractivity contribution is 1.09. The van der Waals surface area contributed by atoms with E-state index in [-0.39, 0.29) is 0 Å². The first-order valence-corrected chi connectivity index (χ1v) is 4.50. The Kier molecular flexibility index (Phi) is 1.44. The summed E-state index contributed by atoms with van der Waals surface area (Å²) in [7, 11) is 0. The van der Waals surface area contributed by atoms with Gasteiger partial charge in [0.05, 0.1) is 6.20 Å². The van der Waals surface area contributed by atoms with Gasteiger partial charge in [-0.3, -0.25) is 5.10 Å². The average molecular weight is 183 g/mol. The number of benzene rings is 1. The van der Waals surface area contributed by atoms with Crippen LogP contribution in [-0.2, 0) is 0 Å². The molecule has 0 amide bonds. The van der Waals surface area contributed by atoms with Gasteiger partial charge in [-0.1, -0.05) is 12.1 Å². The first-order valence-electron chi connectivity index (χ1n) is 4.50. The number of hydrogen-bond donors (Lipinski definition) is 2. The molecule has 0 aliphatic carbocycles. The number of nitrogens with zero attached hydrogens (tertiary/aromatic N) is 1. The average Bonchev–Trinajstić information content (AvgIpc) is 2.88. The minimum atomic E-state index is 1.11. The van der Waals surface area contributed by atoms with E-state index in [2.05, 4.69) is 39.4 Å². The van der Waals surface area contributed by atoms with Crippen molar-refractivity contribution in [3.05, 3.63) is 42.9 Å². The molecule has 3 nitrogen and oxygen atoms in total. The molecule has 0 fully saturated rings. The molecule has 0 saturated carbocycles. The van der Waals surface area contributed by atoms with Crippen molar-refractivity contribution in [3.8, 4) is 11.1 Å². The molecule has 14 heavy (non-hydrogen) atoms. The summed E-state index contributed by atoms with van der Waals surface area (Å²) in [4.78, 5) is 3.19. The smallest absolute Gasteiger partial charge is 0.0565 e. The monoisotopic (exact) mass is 183 g/mol. The zero-order valence-electron chi connectivity index (χ0n) is 7.49. The molecule has 3 heteroatoms. The minimum Gasteiger partial charge on any atom is -0.361 e. The highest BCUT2D eigenvalue weighted by Crippen LogP contribution is 2.22. The summed E-state index contributed by atoms with van der Waals surface area (Å²) in [6.45, 7) is 0. The fourth-order valence-electron chi connectivity index (χ4n) is 1.64. The Morgan fingerprint density at radius 1 is 1.07 bits per heavy atom. The Morgan fingerprint density at radius 3 is 2.93 bits per heavy atom. The topological polar surface area (TPSA) is 44.5 Å². The number of H-pyrrole nitrogens is 2. The molecule has 1 aromatic carbocycles. The molecule has 2 aromatic heterocycles. The predicted octanol–water partition coefficient (Wildman–Crippen LogP) is 2.56. The fraction of sp³-hybridized carbons (Fsp3) is 0. The van der Waals surface area contributed by atoms with Crippen LogP contribution in [0, 0.1) is 0 Å². The van der Waals surface area contributed by atoms with Crippen molar-refractivity contribution < 1.29 is 0 Å². The van der Waals surface area contributed by atoms with E-state index in [9.17, 15) is 0 Å². The number of rotatable bonds is 1. The fourth-order valence-corrected chi connectivity index (χ4v) is 1.64. The van der Waals surface area contributed by atoms with Gasteiger partial charge >= 0.3 is 0 Å². The van der Waals surface area contributed by atoms with Gasteiger partial charge in [-0.25, -0.2) is 0 Å². The van der Waals surface area contributed by atoms with Crippen LogP contribution in [0.15, 0.2) is 42.9 Å². The van der Waals surface area contributed by atoms with E-state index in [0.29, 0.717) is 0 Å². The van der Waals surface area contributed by atoms with Crippen LogP contribution in [0.2, 0.25) is 0 Å². The third kappa shape index (κ3) is 1.03. The maximum Gasteiger partial charge on any atom is 0.0565 e. The van der Waals surface area contributed by atoms with Crippen LogP contribution < -0.4 is 0 Å². The lowest BCUT2D eigenvalue weighted by Gasteiger charge is -1.96. The van der Waals surface area contributed by atoms with Crippen molar-refractivity contribution in [2.45, 2.75) is 0 Å². The Hall–Kier alpha value is -2.03. The molecule has 0 saturated heterocycles. The van der Waals surface area contributed by atoms with Crippen molar-refractivity contribution in [1.82, 2.24) is 15.2 Å². The van der Waals surface area contributed by atoms with Crippen molar-refractivity contribution >= 4 is 10.9 Å². The summed E-state index contributed by atoms with van der Waals surface area (Å²) < 4.78 is 0. The third-order valence-electron chi connectivity index (χ3n) is 2.39. The van der Waals surface area contributed by atoms with E-state index in [0.717, 1.165) is 11.1 Å². The molecular weight excluding hydrogens is 174 g/mol. The number of hydrogen-bond acceptors (Lipinski definition) is 1. The van der Waals surface area contributed by atoms with E-state index in [4.69, 9.17) is 0 Å². The first-order chi connectivity index (χ1) is 6.93. The molecule has 0 aliphatic heterocycles. The van der Waals surface area contributed by atoms with Crippen molar-refractivity contribution in [2.24, 2.45) is 0 Å². The Balaban J connectivity index is 2.23. The Bertz CT molecular complexity index is 549. The van der Waals surface area contributed by atoms with Gasteiger partial charge in [0.25, 0.3) is 0 Å². The van der Waals surface area contributed by atoms with Gasteiger partial charge < -0.3 is 4.98 Å². The number of fused-ring (bicyclic) bond motifs is 1. The molecular formula is C11H9N3. The molecule has 2 heterocycles. The largest absolute Gasteiger partial charge is 0.361 e. The lowest BCUT2D eigenvalue weighted by Crippen LogP contribution is -1.74. The van der Waals surface area contributed by atoms with Gasteiger partial charge in [-0.2, -0.15) is 5.10 Å².